The van der Waals surface area contributed by atoms with Gasteiger partial charge in [0.1, 0.15) is 0 Å². The highest BCUT2D eigenvalue weighted by Gasteiger charge is 2.42. The number of allylic oxidation sites excluding steroid dienone is 3. The molecule has 0 amide bonds. The van der Waals surface area contributed by atoms with Crippen molar-refractivity contribution in [3.8, 4) is 0 Å². The first kappa shape index (κ1) is 24.3. The van der Waals surface area contributed by atoms with E-state index in [2.05, 4.69) is 25.7 Å². The van der Waals surface area contributed by atoms with Gasteiger partial charge in [0.2, 0.25) is 6.17 Å². The van der Waals surface area contributed by atoms with Gasteiger partial charge >= 0.3 is 6.11 Å². The first-order chi connectivity index (χ1) is 15.4. The summed E-state index contributed by atoms with van der Waals surface area (Å²) in [5.41, 5.74) is 2.73. The van der Waals surface area contributed by atoms with Gasteiger partial charge in [-0.3, -0.25) is 0 Å². The summed E-state index contributed by atoms with van der Waals surface area (Å²) in [4.78, 5) is 0. The molecule has 0 spiro atoms. The Balaban J connectivity index is 1.53. The van der Waals surface area contributed by atoms with Gasteiger partial charge in [-0.25, -0.2) is 4.39 Å². The minimum atomic E-state index is -3.90. The molecule has 2 aromatic carbocycles. The number of rotatable bonds is 10. The summed E-state index contributed by atoms with van der Waals surface area (Å²) >= 11 is 0. The van der Waals surface area contributed by atoms with Crippen molar-refractivity contribution in [2.45, 2.75) is 70.3 Å². The molecular formula is C28H33F3O. The first-order valence-electron chi connectivity index (χ1n) is 11.5. The van der Waals surface area contributed by atoms with Crippen molar-refractivity contribution in [2.24, 2.45) is 5.92 Å². The van der Waals surface area contributed by atoms with Crippen LogP contribution in [0.4, 0.5) is 13.2 Å². The van der Waals surface area contributed by atoms with Gasteiger partial charge in [0.15, 0.2) is 0 Å². The third-order valence-electron chi connectivity index (χ3n) is 6.32. The molecule has 0 radical (unpaired) electrons. The van der Waals surface area contributed by atoms with E-state index in [9.17, 15) is 13.2 Å². The van der Waals surface area contributed by atoms with Crippen molar-refractivity contribution < 1.29 is 17.9 Å². The third kappa shape index (κ3) is 6.59. The second-order valence-electron chi connectivity index (χ2n) is 8.66. The molecule has 1 aliphatic rings. The second-order valence-corrected chi connectivity index (χ2v) is 8.66. The van der Waals surface area contributed by atoms with E-state index in [0.29, 0.717) is 17.4 Å². The van der Waals surface area contributed by atoms with Gasteiger partial charge in [0.25, 0.3) is 0 Å². The first-order valence-corrected chi connectivity index (χ1v) is 11.5. The summed E-state index contributed by atoms with van der Waals surface area (Å²) in [6.07, 6.45) is 5.96. The number of aryl methyl sites for hydroxylation is 1. The molecule has 4 heteroatoms. The summed E-state index contributed by atoms with van der Waals surface area (Å²) in [6.45, 7) is 5.38. The maximum absolute atomic E-state index is 14.5. The lowest BCUT2D eigenvalue weighted by atomic mass is 9.78. The summed E-state index contributed by atoms with van der Waals surface area (Å²) < 4.78 is 47.9. The van der Waals surface area contributed by atoms with Crippen LogP contribution in [0, 0.1) is 5.92 Å². The second kappa shape index (κ2) is 11.5. The van der Waals surface area contributed by atoms with Crippen LogP contribution in [0.1, 0.15) is 73.4 Å². The zero-order valence-electron chi connectivity index (χ0n) is 18.8. The molecule has 2 aromatic rings. The van der Waals surface area contributed by atoms with Crippen LogP contribution in [0.25, 0.3) is 0 Å². The minimum Gasteiger partial charge on any atom is -0.313 e. The van der Waals surface area contributed by atoms with E-state index in [1.165, 1.54) is 30.5 Å². The average molecular weight is 443 g/mol. The van der Waals surface area contributed by atoms with E-state index in [1.54, 1.807) is 18.2 Å². The molecule has 0 saturated heterocycles. The van der Waals surface area contributed by atoms with Gasteiger partial charge < -0.3 is 4.74 Å². The molecule has 1 saturated carbocycles. The zero-order chi connectivity index (χ0) is 23.0. The van der Waals surface area contributed by atoms with Crippen LogP contribution in [0.15, 0.2) is 73.3 Å². The zero-order valence-corrected chi connectivity index (χ0v) is 18.8. The Kier molecular flexibility index (Phi) is 8.75. The van der Waals surface area contributed by atoms with Crippen molar-refractivity contribution in [2.75, 3.05) is 0 Å². The molecule has 0 N–H and O–H groups in total. The number of benzene rings is 2. The minimum absolute atomic E-state index is 0.0822. The number of alkyl halides is 3. The van der Waals surface area contributed by atoms with Gasteiger partial charge in [0, 0.05) is 0 Å². The lowest BCUT2D eigenvalue weighted by Crippen LogP contribution is -2.27. The molecule has 1 aliphatic carbocycles. The lowest BCUT2D eigenvalue weighted by Gasteiger charge is -2.27. The molecule has 0 aliphatic heterocycles. The number of hydrogen-bond donors (Lipinski definition) is 0. The molecule has 1 nitrogen and oxygen atoms in total. The van der Waals surface area contributed by atoms with E-state index < -0.39 is 12.3 Å². The summed E-state index contributed by atoms with van der Waals surface area (Å²) in [7, 11) is 0. The summed E-state index contributed by atoms with van der Waals surface area (Å²) in [6, 6.07) is 13.8. The number of ether oxygens (including phenoxy) is 1. The Morgan fingerprint density at radius 2 is 1.62 bits per heavy atom. The fourth-order valence-corrected chi connectivity index (χ4v) is 4.37. The topological polar surface area (TPSA) is 9.23 Å². The van der Waals surface area contributed by atoms with Gasteiger partial charge in [-0.15, -0.1) is 6.58 Å². The van der Waals surface area contributed by atoms with Crippen molar-refractivity contribution in [3.63, 3.8) is 0 Å². The third-order valence-corrected chi connectivity index (χ3v) is 6.32. The van der Waals surface area contributed by atoms with Crippen LogP contribution in [-0.4, -0.2) is 6.11 Å². The van der Waals surface area contributed by atoms with Gasteiger partial charge in [-0.05, 0) is 79.5 Å². The summed E-state index contributed by atoms with van der Waals surface area (Å²) in [5.74, 6) is 1.18. The highest BCUT2D eigenvalue weighted by atomic mass is 19.3. The highest BCUT2D eigenvalue weighted by Crippen LogP contribution is 2.38. The smallest absolute Gasteiger partial charge is 0.313 e. The van der Waals surface area contributed by atoms with E-state index >= 15 is 0 Å². The van der Waals surface area contributed by atoms with Crippen LogP contribution < -0.4 is 0 Å². The van der Waals surface area contributed by atoms with Crippen LogP contribution in [-0.2, 0) is 17.8 Å². The Labute approximate surface area is 190 Å². The predicted octanol–water partition coefficient (Wildman–Crippen LogP) is 8.48. The van der Waals surface area contributed by atoms with Crippen molar-refractivity contribution in [3.05, 3.63) is 95.6 Å². The molecule has 32 heavy (non-hydrogen) atoms. The SMILES string of the molecule is C=CCCc1ccc(C(F)C(F)(F)OCc2ccc(C3CCC(C=CC)CC3)cc2)cc1. The van der Waals surface area contributed by atoms with E-state index in [4.69, 9.17) is 4.74 Å². The Bertz CT molecular complexity index is 863. The molecule has 1 unspecified atom stereocenters. The fraction of sp³-hybridized carbons (Fsp3) is 0.429. The molecule has 1 atom stereocenters. The van der Waals surface area contributed by atoms with Crippen LogP contribution in [0.3, 0.4) is 0 Å². The maximum Gasteiger partial charge on any atom is 0.391 e. The predicted molar refractivity (Wildman–Crippen MR) is 125 cm³/mol. The lowest BCUT2D eigenvalue weighted by molar-refractivity contribution is -0.282. The van der Waals surface area contributed by atoms with Gasteiger partial charge in [0.05, 0.1) is 6.61 Å². The molecule has 1 fully saturated rings. The normalized spacial score (nSPS) is 20.4. The van der Waals surface area contributed by atoms with Crippen LogP contribution in [0.5, 0.6) is 0 Å². The number of halogens is 3. The van der Waals surface area contributed by atoms with Gasteiger partial charge in [-0.1, -0.05) is 66.8 Å². The van der Waals surface area contributed by atoms with Crippen molar-refractivity contribution in [1.82, 2.24) is 0 Å². The van der Waals surface area contributed by atoms with E-state index in [1.807, 2.05) is 24.3 Å². The van der Waals surface area contributed by atoms with E-state index in [0.717, 1.165) is 31.2 Å². The average Bonchev–Trinajstić information content (AvgIpc) is 2.82. The molecule has 0 aromatic heterocycles. The Hall–Kier alpha value is -2.33. The van der Waals surface area contributed by atoms with Crippen LogP contribution in [0.2, 0.25) is 0 Å². The van der Waals surface area contributed by atoms with Crippen LogP contribution >= 0.6 is 0 Å². The van der Waals surface area contributed by atoms with Gasteiger partial charge in [-0.2, -0.15) is 8.78 Å². The van der Waals surface area contributed by atoms with Crippen molar-refractivity contribution in [1.29, 1.82) is 0 Å². The quantitative estimate of drug-likeness (QED) is 0.335. The fourth-order valence-electron chi connectivity index (χ4n) is 4.37. The monoisotopic (exact) mass is 442 g/mol. The molecular weight excluding hydrogens is 409 g/mol. The maximum atomic E-state index is 14.5. The molecule has 3 rings (SSSR count). The standard InChI is InChI=1S/C28H33F3O/c1-3-5-7-22-10-18-26(19-11-22)27(29)28(30,31)32-20-23-12-16-25(17-13-23)24-14-8-21(6-4-2)9-15-24/h3-4,6,10-13,16-19,21,24,27H,1,5,7-9,14-15,20H2,2H3. The molecule has 0 bridgehead atoms. The Morgan fingerprint density at radius 3 is 2.22 bits per heavy atom. The summed E-state index contributed by atoms with van der Waals surface area (Å²) in [5, 5.41) is 0. The molecule has 172 valence electrons. The highest BCUT2D eigenvalue weighted by molar-refractivity contribution is 5.27. The largest absolute Gasteiger partial charge is 0.391 e. The van der Waals surface area contributed by atoms with Crippen molar-refractivity contribution >= 4 is 0 Å². The van der Waals surface area contributed by atoms with E-state index in [-0.39, 0.29) is 12.2 Å². The number of hydrogen-bond acceptors (Lipinski definition) is 1. The Morgan fingerprint density at radius 1 is 1.00 bits per heavy atom. The molecule has 0 heterocycles.